The molecule has 216 valence electrons. The molecular formula is C31H46N2O5S. The minimum Gasteiger partial charge on any atom is -0.354 e. The van der Waals surface area contributed by atoms with Crippen LogP contribution in [-0.2, 0) is 23.7 Å². The van der Waals surface area contributed by atoms with Crippen molar-refractivity contribution in [3.05, 3.63) is 29.8 Å². The van der Waals surface area contributed by atoms with Crippen molar-refractivity contribution in [1.29, 1.82) is 0 Å². The number of hydrogen-bond donors (Lipinski definition) is 2. The van der Waals surface area contributed by atoms with Crippen LogP contribution in [0.2, 0.25) is 0 Å². The number of ether oxygens (including phenoxy) is 5. The Morgan fingerprint density at radius 1 is 0.949 bits per heavy atom. The second kappa shape index (κ2) is 11.5. The molecule has 2 N–H and O–H groups in total. The highest BCUT2D eigenvalue weighted by Crippen LogP contribution is 2.44. The van der Waals surface area contributed by atoms with E-state index in [0.29, 0.717) is 17.6 Å². The smallest absolute Gasteiger partial charge is 0.189 e. The first-order chi connectivity index (χ1) is 18.8. The highest BCUT2D eigenvalue weighted by atomic mass is 32.1. The first-order valence-electron chi connectivity index (χ1n) is 15.3. The summed E-state index contributed by atoms with van der Waals surface area (Å²) in [6.45, 7) is 6.64. The fourth-order valence-corrected chi connectivity index (χ4v) is 7.71. The van der Waals surface area contributed by atoms with Crippen molar-refractivity contribution < 1.29 is 23.7 Å². The van der Waals surface area contributed by atoms with Crippen LogP contribution in [0.5, 0.6) is 0 Å². The van der Waals surface area contributed by atoms with Crippen molar-refractivity contribution in [2.45, 2.75) is 140 Å². The zero-order chi connectivity index (χ0) is 27.0. The Labute approximate surface area is 239 Å². The molecule has 5 fully saturated rings. The fourth-order valence-electron chi connectivity index (χ4n) is 7.46. The van der Waals surface area contributed by atoms with Gasteiger partial charge < -0.3 is 34.3 Å². The van der Waals surface area contributed by atoms with E-state index in [1.807, 2.05) is 13.8 Å². The quantitative estimate of drug-likeness (QED) is 0.391. The second-order valence-electron chi connectivity index (χ2n) is 12.8. The average Bonchev–Trinajstić information content (AvgIpc) is 3.56. The van der Waals surface area contributed by atoms with Crippen molar-refractivity contribution in [2.24, 2.45) is 5.92 Å². The van der Waals surface area contributed by atoms with Crippen LogP contribution in [0.3, 0.4) is 0 Å². The molecule has 0 radical (unpaired) electrons. The Morgan fingerprint density at radius 3 is 2.41 bits per heavy atom. The number of nitrogens with one attached hydrogen (secondary N) is 2. The molecule has 0 aromatic heterocycles. The first kappa shape index (κ1) is 27.9. The minimum atomic E-state index is -0.710. The van der Waals surface area contributed by atoms with Gasteiger partial charge in [-0.05, 0) is 94.1 Å². The van der Waals surface area contributed by atoms with Crippen LogP contribution in [0.1, 0.15) is 103 Å². The number of thiocarbonyl (C=S) groups is 1. The number of fused-ring (bicyclic) bond motifs is 1. The highest BCUT2D eigenvalue weighted by molar-refractivity contribution is 7.80. The molecule has 2 aliphatic carbocycles. The van der Waals surface area contributed by atoms with Gasteiger partial charge in [0, 0.05) is 18.5 Å². The SMILES string of the molecule is CCCC1CCC(c2ccc(NC(=S)N[C@@H]3[C@H]4OC(C)(C)O[C@H]4O[C@@H]3[C@H]3COC4(CCCCC4)O3)cc2)CC1. The molecule has 7 nitrogen and oxygen atoms in total. The molecule has 3 aliphatic heterocycles. The van der Waals surface area contributed by atoms with Crippen LogP contribution in [0, 0.1) is 5.92 Å². The van der Waals surface area contributed by atoms with Crippen LogP contribution >= 0.6 is 12.2 Å². The van der Waals surface area contributed by atoms with Crippen LogP contribution in [0.25, 0.3) is 0 Å². The van der Waals surface area contributed by atoms with Gasteiger partial charge in [0.05, 0.1) is 12.6 Å². The molecule has 0 amide bonds. The maximum absolute atomic E-state index is 6.55. The van der Waals surface area contributed by atoms with Gasteiger partial charge in [0.15, 0.2) is 23.0 Å². The Bertz CT molecular complexity index is 989. The molecule has 2 saturated carbocycles. The molecule has 1 aromatic rings. The van der Waals surface area contributed by atoms with E-state index in [2.05, 4.69) is 41.8 Å². The summed E-state index contributed by atoms with van der Waals surface area (Å²) in [5.41, 5.74) is 2.42. The molecule has 5 atom stereocenters. The van der Waals surface area contributed by atoms with Gasteiger partial charge in [0.25, 0.3) is 0 Å². The van der Waals surface area contributed by atoms with E-state index in [-0.39, 0.29) is 24.4 Å². The average molecular weight is 559 g/mol. The summed E-state index contributed by atoms with van der Waals surface area (Å²) in [5.74, 6) is 0.423. The molecule has 0 unspecified atom stereocenters. The molecular weight excluding hydrogens is 512 g/mol. The molecule has 3 saturated heterocycles. The van der Waals surface area contributed by atoms with E-state index < -0.39 is 17.9 Å². The van der Waals surface area contributed by atoms with Crippen molar-refractivity contribution in [2.75, 3.05) is 11.9 Å². The van der Waals surface area contributed by atoms with E-state index in [4.69, 9.17) is 35.9 Å². The third-order valence-corrected chi connectivity index (χ3v) is 9.65. The highest BCUT2D eigenvalue weighted by Gasteiger charge is 2.59. The lowest BCUT2D eigenvalue weighted by Gasteiger charge is -2.34. The summed E-state index contributed by atoms with van der Waals surface area (Å²) >= 11 is 5.79. The molecule has 5 aliphatic rings. The predicted molar refractivity (Wildman–Crippen MR) is 155 cm³/mol. The third kappa shape index (κ3) is 6.16. The van der Waals surface area contributed by atoms with Crippen molar-refractivity contribution in [1.82, 2.24) is 5.32 Å². The largest absolute Gasteiger partial charge is 0.354 e. The van der Waals surface area contributed by atoms with Gasteiger partial charge in [0.2, 0.25) is 0 Å². The van der Waals surface area contributed by atoms with Crippen LogP contribution in [0.4, 0.5) is 5.69 Å². The number of hydrogen-bond acceptors (Lipinski definition) is 6. The van der Waals surface area contributed by atoms with Gasteiger partial charge in [-0.2, -0.15) is 0 Å². The van der Waals surface area contributed by atoms with E-state index in [1.54, 1.807) is 0 Å². The zero-order valence-electron chi connectivity index (χ0n) is 23.8. The maximum atomic E-state index is 6.55. The Morgan fingerprint density at radius 2 is 1.69 bits per heavy atom. The molecule has 8 heteroatoms. The molecule has 39 heavy (non-hydrogen) atoms. The lowest BCUT2D eigenvalue weighted by atomic mass is 9.77. The van der Waals surface area contributed by atoms with Gasteiger partial charge in [-0.3, -0.25) is 0 Å². The second-order valence-corrected chi connectivity index (χ2v) is 13.2. The molecule has 1 aromatic carbocycles. The fraction of sp³-hybridized carbons (Fsp3) is 0.774. The third-order valence-electron chi connectivity index (χ3n) is 9.43. The summed E-state index contributed by atoms with van der Waals surface area (Å²) in [6.07, 6.45) is 12.2. The number of rotatable bonds is 6. The Hall–Kier alpha value is -1.29. The standard InChI is InChI=1S/C31H46N2O5S/c1-4-8-20-9-11-21(12-10-20)22-13-15-23(16-14-22)32-29(39)33-25-26(35-28-27(25)37-30(2,3)38-28)24-19-34-31(36-24)17-6-5-7-18-31/h13-16,20-21,24-28H,4-12,17-19H2,1-3H3,(H2,32,33,39)/t20?,21?,24-,25+,26-,27-,28-/m1/s1. The van der Waals surface area contributed by atoms with Crippen LogP contribution in [0.15, 0.2) is 24.3 Å². The van der Waals surface area contributed by atoms with E-state index in [0.717, 1.165) is 37.3 Å². The van der Waals surface area contributed by atoms with Crippen molar-refractivity contribution in [3.63, 3.8) is 0 Å². The summed E-state index contributed by atoms with van der Waals surface area (Å²) < 4.78 is 31.5. The van der Waals surface area contributed by atoms with Crippen LogP contribution in [-0.4, -0.2) is 53.9 Å². The lowest BCUT2D eigenvalue weighted by molar-refractivity contribution is -0.231. The van der Waals surface area contributed by atoms with E-state index >= 15 is 0 Å². The topological polar surface area (TPSA) is 70.2 Å². The van der Waals surface area contributed by atoms with E-state index in [1.165, 1.54) is 50.5 Å². The zero-order valence-corrected chi connectivity index (χ0v) is 24.6. The summed E-state index contributed by atoms with van der Waals surface area (Å²) in [7, 11) is 0. The summed E-state index contributed by atoms with van der Waals surface area (Å²) in [4.78, 5) is 0. The lowest BCUT2D eigenvalue weighted by Crippen LogP contribution is -2.53. The van der Waals surface area contributed by atoms with Crippen molar-refractivity contribution in [3.8, 4) is 0 Å². The van der Waals surface area contributed by atoms with Gasteiger partial charge in [0.1, 0.15) is 18.3 Å². The summed E-state index contributed by atoms with van der Waals surface area (Å²) in [5, 5.41) is 7.44. The molecule has 1 spiro atoms. The first-order valence-corrected chi connectivity index (χ1v) is 15.7. The van der Waals surface area contributed by atoms with Gasteiger partial charge in [-0.1, -0.05) is 38.3 Å². The normalized spacial score (nSPS) is 37.1. The number of benzene rings is 1. The van der Waals surface area contributed by atoms with E-state index in [9.17, 15) is 0 Å². The molecule has 3 heterocycles. The number of anilines is 1. The maximum Gasteiger partial charge on any atom is 0.189 e. The monoisotopic (exact) mass is 558 g/mol. The Balaban J connectivity index is 1.08. The molecule has 6 rings (SSSR count). The summed E-state index contributed by atoms with van der Waals surface area (Å²) in [6, 6.07) is 8.59. The van der Waals surface area contributed by atoms with Gasteiger partial charge in [-0.15, -0.1) is 0 Å². The minimum absolute atomic E-state index is 0.198. The Kier molecular flexibility index (Phi) is 8.24. The molecule has 0 bridgehead atoms. The van der Waals surface area contributed by atoms with Gasteiger partial charge >= 0.3 is 0 Å². The van der Waals surface area contributed by atoms with Crippen molar-refractivity contribution >= 4 is 23.0 Å². The van der Waals surface area contributed by atoms with Crippen LogP contribution < -0.4 is 10.6 Å². The van der Waals surface area contributed by atoms with Gasteiger partial charge in [-0.25, -0.2) is 0 Å². The predicted octanol–water partition coefficient (Wildman–Crippen LogP) is 6.37.